The molecule has 2 heterocycles. The van der Waals surface area contributed by atoms with Crippen LogP contribution in [0.3, 0.4) is 0 Å². The molecule has 2 aliphatic rings. The van der Waals surface area contributed by atoms with Crippen LogP contribution >= 0.6 is 0 Å². The molecule has 5 nitrogen and oxygen atoms in total. The molecule has 1 saturated heterocycles. The molecule has 10 heteroatoms. The lowest BCUT2D eigenvalue weighted by Gasteiger charge is -2.38. The summed E-state index contributed by atoms with van der Waals surface area (Å²) < 4.78 is 64.6. The first kappa shape index (κ1) is 21.4. The van der Waals surface area contributed by atoms with Gasteiger partial charge in [-0.3, -0.25) is 9.59 Å². The largest absolute Gasteiger partial charge is 0.417 e. The minimum absolute atomic E-state index is 0.0433. The summed E-state index contributed by atoms with van der Waals surface area (Å²) in [5, 5.41) is 2.46. The highest BCUT2D eigenvalue weighted by atomic mass is 19.4. The van der Waals surface area contributed by atoms with E-state index in [1.807, 2.05) is 0 Å². The predicted octanol–water partition coefficient (Wildman–Crippen LogP) is 4.25. The van der Waals surface area contributed by atoms with Crippen molar-refractivity contribution in [3.8, 4) is 0 Å². The molecule has 29 heavy (non-hydrogen) atoms. The summed E-state index contributed by atoms with van der Waals surface area (Å²) in [5.74, 6) is -4.17. The molecule has 1 N–H and O–H groups in total. The first-order valence-electron chi connectivity index (χ1n) is 9.59. The Hall–Kier alpha value is -2.26. The fraction of sp³-hybridized carbons (Fsp3) is 0.632. The van der Waals surface area contributed by atoms with Crippen LogP contribution in [0.4, 0.5) is 27.8 Å². The Morgan fingerprint density at radius 2 is 1.79 bits per heavy atom. The van der Waals surface area contributed by atoms with Gasteiger partial charge in [-0.15, -0.1) is 0 Å². The van der Waals surface area contributed by atoms with Gasteiger partial charge in [0.1, 0.15) is 11.9 Å². The molecular weight excluding hydrogens is 397 g/mol. The van der Waals surface area contributed by atoms with Crippen molar-refractivity contribution in [3.63, 3.8) is 0 Å². The van der Waals surface area contributed by atoms with Crippen LogP contribution in [0.25, 0.3) is 0 Å². The Labute approximate surface area is 164 Å². The van der Waals surface area contributed by atoms with E-state index in [0.29, 0.717) is 32.0 Å². The van der Waals surface area contributed by atoms with Crippen LogP contribution in [-0.2, 0) is 15.8 Å². The van der Waals surface area contributed by atoms with Gasteiger partial charge in [0.05, 0.1) is 5.56 Å². The van der Waals surface area contributed by atoms with Crippen LogP contribution in [0.2, 0.25) is 0 Å². The predicted molar refractivity (Wildman–Crippen MR) is 94.1 cm³/mol. The number of amides is 2. The van der Waals surface area contributed by atoms with E-state index in [2.05, 4.69) is 10.3 Å². The van der Waals surface area contributed by atoms with Crippen LogP contribution < -0.4 is 5.32 Å². The maximum Gasteiger partial charge on any atom is 0.417 e. The number of rotatable bonds is 3. The van der Waals surface area contributed by atoms with Crippen molar-refractivity contribution in [2.24, 2.45) is 5.92 Å². The Morgan fingerprint density at radius 1 is 1.10 bits per heavy atom. The zero-order valence-corrected chi connectivity index (χ0v) is 15.6. The SMILES string of the molecule is O=C(Nc1ccc(C(F)(F)F)cn1)[C@@H]1CCCCN1C(=O)C1CCC(F)(F)CC1. The smallest absolute Gasteiger partial charge is 0.330 e. The number of anilines is 1. The summed E-state index contributed by atoms with van der Waals surface area (Å²) in [4.78, 5) is 30.6. The number of hydrogen-bond donors (Lipinski definition) is 1. The van der Waals surface area contributed by atoms with E-state index < -0.39 is 35.5 Å². The van der Waals surface area contributed by atoms with Crippen molar-refractivity contribution >= 4 is 17.6 Å². The number of aromatic nitrogens is 1. The number of nitrogens with zero attached hydrogens (tertiary/aromatic N) is 2. The summed E-state index contributed by atoms with van der Waals surface area (Å²) >= 11 is 0. The zero-order valence-electron chi connectivity index (χ0n) is 15.6. The number of likely N-dealkylation sites (tertiary alicyclic amines) is 1. The van der Waals surface area contributed by atoms with E-state index in [1.165, 1.54) is 4.90 Å². The third kappa shape index (κ3) is 5.22. The van der Waals surface area contributed by atoms with E-state index in [4.69, 9.17) is 0 Å². The van der Waals surface area contributed by atoms with Crippen molar-refractivity contribution in [1.29, 1.82) is 0 Å². The van der Waals surface area contributed by atoms with Gasteiger partial charge in [-0.25, -0.2) is 13.8 Å². The molecule has 1 atom stereocenters. The molecule has 2 amide bonds. The minimum Gasteiger partial charge on any atom is -0.330 e. The quantitative estimate of drug-likeness (QED) is 0.746. The first-order chi connectivity index (χ1) is 13.6. The average Bonchev–Trinajstić information content (AvgIpc) is 2.67. The van der Waals surface area contributed by atoms with Crippen molar-refractivity contribution in [1.82, 2.24) is 9.88 Å². The second-order valence-corrected chi connectivity index (χ2v) is 7.59. The van der Waals surface area contributed by atoms with Gasteiger partial charge in [0.25, 0.3) is 0 Å². The molecule has 1 aromatic rings. The fourth-order valence-corrected chi connectivity index (χ4v) is 3.83. The Morgan fingerprint density at radius 3 is 2.38 bits per heavy atom. The topological polar surface area (TPSA) is 62.3 Å². The lowest BCUT2D eigenvalue weighted by atomic mass is 9.85. The molecule has 1 aliphatic carbocycles. The number of pyridine rings is 1. The molecule has 0 spiro atoms. The summed E-state index contributed by atoms with van der Waals surface area (Å²) in [6, 6.07) is 1.08. The summed E-state index contributed by atoms with van der Waals surface area (Å²) in [7, 11) is 0. The monoisotopic (exact) mass is 419 g/mol. The number of carbonyl (C=O) groups is 2. The molecule has 3 rings (SSSR count). The highest BCUT2D eigenvalue weighted by Crippen LogP contribution is 2.37. The van der Waals surface area contributed by atoms with Gasteiger partial charge in [0.15, 0.2) is 0 Å². The van der Waals surface area contributed by atoms with Gasteiger partial charge in [-0.05, 0) is 44.2 Å². The number of piperidine rings is 1. The van der Waals surface area contributed by atoms with Crippen LogP contribution in [-0.4, -0.2) is 40.2 Å². The van der Waals surface area contributed by atoms with Crippen molar-refractivity contribution in [3.05, 3.63) is 23.9 Å². The summed E-state index contributed by atoms with van der Waals surface area (Å²) in [5.41, 5.74) is -0.931. The second kappa shape index (κ2) is 8.23. The fourth-order valence-electron chi connectivity index (χ4n) is 3.83. The average molecular weight is 419 g/mol. The van der Waals surface area contributed by atoms with E-state index in [9.17, 15) is 31.5 Å². The second-order valence-electron chi connectivity index (χ2n) is 7.59. The maximum absolute atomic E-state index is 13.4. The zero-order chi connectivity index (χ0) is 21.2. The van der Waals surface area contributed by atoms with Gasteiger partial charge in [0.2, 0.25) is 17.7 Å². The number of halogens is 5. The highest BCUT2D eigenvalue weighted by molar-refractivity contribution is 5.97. The summed E-state index contributed by atoms with van der Waals surface area (Å²) in [6.07, 6.45) is -2.61. The van der Waals surface area contributed by atoms with Gasteiger partial charge in [-0.2, -0.15) is 13.2 Å². The molecule has 1 saturated carbocycles. The summed E-state index contributed by atoms with van der Waals surface area (Å²) in [6.45, 7) is 0.351. The van der Waals surface area contributed by atoms with Gasteiger partial charge < -0.3 is 10.2 Å². The van der Waals surface area contributed by atoms with Gasteiger partial charge >= 0.3 is 6.18 Å². The van der Waals surface area contributed by atoms with Crippen molar-refractivity contribution < 1.29 is 31.5 Å². The maximum atomic E-state index is 13.4. The van der Waals surface area contributed by atoms with Crippen LogP contribution in [0.1, 0.15) is 50.5 Å². The van der Waals surface area contributed by atoms with Crippen LogP contribution in [0, 0.1) is 5.92 Å². The van der Waals surface area contributed by atoms with Crippen LogP contribution in [0.15, 0.2) is 18.3 Å². The Bertz CT molecular complexity index is 741. The first-order valence-corrected chi connectivity index (χ1v) is 9.59. The third-order valence-corrected chi connectivity index (χ3v) is 5.50. The van der Waals surface area contributed by atoms with Gasteiger partial charge in [0, 0.05) is 31.5 Å². The van der Waals surface area contributed by atoms with E-state index in [0.717, 1.165) is 12.1 Å². The van der Waals surface area contributed by atoms with Gasteiger partial charge in [-0.1, -0.05) is 0 Å². The molecule has 160 valence electrons. The number of hydrogen-bond acceptors (Lipinski definition) is 3. The van der Waals surface area contributed by atoms with E-state index >= 15 is 0 Å². The lowest BCUT2D eigenvalue weighted by molar-refractivity contribution is -0.147. The van der Waals surface area contributed by atoms with E-state index in [1.54, 1.807) is 0 Å². The molecule has 0 radical (unpaired) electrons. The number of alkyl halides is 5. The number of nitrogens with one attached hydrogen (secondary N) is 1. The Balaban J connectivity index is 1.66. The molecule has 2 fully saturated rings. The standard InChI is InChI=1S/C19H22F5N3O2/c20-18(21)8-6-12(7-9-18)17(29)27-10-2-1-3-14(27)16(28)26-15-5-4-13(11-25-15)19(22,23)24/h4-5,11-12,14H,1-3,6-10H2,(H,25,26,28)/t14-/m0/s1. The normalized spacial score (nSPS) is 22.9. The lowest BCUT2D eigenvalue weighted by Crippen LogP contribution is -2.52. The molecule has 1 aromatic heterocycles. The minimum atomic E-state index is -4.53. The number of carbonyl (C=O) groups excluding carboxylic acids is 2. The van der Waals surface area contributed by atoms with Crippen molar-refractivity contribution in [2.45, 2.75) is 63.1 Å². The van der Waals surface area contributed by atoms with Crippen molar-refractivity contribution in [2.75, 3.05) is 11.9 Å². The Kier molecular flexibility index (Phi) is 6.09. The molecule has 0 aromatic carbocycles. The van der Waals surface area contributed by atoms with Crippen LogP contribution in [0.5, 0.6) is 0 Å². The highest BCUT2D eigenvalue weighted by Gasteiger charge is 2.41. The molecule has 0 bridgehead atoms. The third-order valence-electron chi connectivity index (χ3n) is 5.50. The van der Waals surface area contributed by atoms with E-state index in [-0.39, 0.29) is 37.4 Å². The molecule has 0 unspecified atom stereocenters. The molecular formula is C19H22F5N3O2. The molecule has 1 aliphatic heterocycles.